The molecule has 4 rings (SSSR count). The molecule has 7 nitrogen and oxygen atoms in total. The SMILES string of the molecule is O=C(Cc1ccc(Oc2ccc(CC(=O)[n+]3ccc(CO)cc3)cc2)cc1)[n+]1ccc(CO)cc1. The molecule has 2 aromatic carbocycles. The first-order valence-corrected chi connectivity index (χ1v) is 11.2. The Morgan fingerprint density at radius 1 is 0.543 bits per heavy atom. The maximum absolute atomic E-state index is 12.5. The topological polar surface area (TPSA) is 91.6 Å². The number of rotatable bonds is 8. The van der Waals surface area contributed by atoms with Crippen molar-refractivity contribution < 1.29 is 33.7 Å². The van der Waals surface area contributed by atoms with Crippen LogP contribution in [0.5, 0.6) is 11.5 Å². The van der Waals surface area contributed by atoms with Crippen LogP contribution in [-0.2, 0) is 26.1 Å². The molecule has 35 heavy (non-hydrogen) atoms. The summed E-state index contributed by atoms with van der Waals surface area (Å²) in [6.45, 7) is -0.117. The summed E-state index contributed by atoms with van der Waals surface area (Å²) in [4.78, 5) is 24.9. The fourth-order valence-corrected chi connectivity index (χ4v) is 3.48. The number of aliphatic hydroxyl groups is 2. The highest BCUT2D eigenvalue weighted by atomic mass is 16.5. The van der Waals surface area contributed by atoms with Gasteiger partial charge in [0.25, 0.3) is 0 Å². The van der Waals surface area contributed by atoms with Crippen molar-refractivity contribution in [1.82, 2.24) is 0 Å². The summed E-state index contributed by atoms with van der Waals surface area (Å²) in [5.41, 5.74) is 3.23. The van der Waals surface area contributed by atoms with Crippen LogP contribution >= 0.6 is 0 Å². The molecular weight excluding hydrogens is 444 g/mol. The van der Waals surface area contributed by atoms with Gasteiger partial charge in [0.15, 0.2) is 24.8 Å². The van der Waals surface area contributed by atoms with Crippen LogP contribution in [0.3, 0.4) is 0 Å². The van der Waals surface area contributed by atoms with E-state index in [4.69, 9.17) is 14.9 Å². The largest absolute Gasteiger partial charge is 0.457 e. The molecule has 0 aliphatic carbocycles. The third kappa shape index (κ3) is 6.44. The van der Waals surface area contributed by atoms with E-state index >= 15 is 0 Å². The lowest BCUT2D eigenvalue weighted by Gasteiger charge is -2.07. The minimum atomic E-state index is -0.0733. The molecule has 0 saturated carbocycles. The quantitative estimate of drug-likeness (QED) is 0.387. The third-order valence-corrected chi connectivity index (χ3v) is 5.53. The van der Waals surface area contributed by atoms with Crippen LogP contribution in [0, 0.1) is 0 Å². The zero-order valence-corrected chi connectivity index (χ0v) is 19.1. The molecule has 0 unspecified atom stereocenters. The van der Waals surface area contributed by atoms with E-state index < -0.39 is 0 Å². The fourth-order valence-electron chi connectivity index (χ4n) is 3.48. The number of carbonyl (C=O) groups excluding carboxylic acids is 2. The number of hydrogen-bond acceptors (Lipinski definition) is 5. The Labute approximate surface area is 203 Å². The van der Waals surface area contributed by atoms with Crippen LogP contribution in [0.4, 0.5) is 0 Å². The van der Waals surface area contributed by atoms with Gasteiger partial charge < -0.3 is 14.9 Å². The normalized spacial score (nSPS) is 10.7. The van der Waals surface area contributed by atoms with Crippen molar-refractivity contribution in [2.45, 2.75) is 26.1 Å². The second-order valence-electron chi connectivity index (χ2n) is 8.07. The smallest absolute Gasteiger partial charge is 0.396 e. The molecule has 0 bridgehead atoms. The van der Waals surface area contributed by atoms with Crippen molar-refractivity contribution in [3.05, 3.63) is 120 Å². The summed E-state index contributed by atoms with van der Waals surface area (Å²) in [5.74, 6) is 1.14. The Bertz CT molecular complexity index is 1180. The van der Waals surface area contributed by atoms with Crippen LogP contribution in [0.15, 0.2) is 97.6 Å². The van der Waals surface area contributed by atoms with Crippen LogP contribution in [0.2, 0.25) is 0 Å². The molecule has 2 heterocycles. The van der Waals surface area contributed by atoms with Crippen LogP contribution in [-0.4, -0.2) is 22.0 Å². The summed E-state index contributed by atoms with van der Waals surface area (Å²) >= 11 is 0. The van der Waals surface area contributed by atoms with Gasteiger partial charge in [0.2, 0.25) is 0 Å². The van der Waals surface area contributed by atoms with Gasteiger partial charge in [-0.05, 0) is 46.5 Å². The first-order valence-electron chi connectivity index (χ1n) is 11.2. The van der Waals surface area contributed by atoms with Gasteiger partial charge in [-0.2, -0.15) is 0 Å². The number of ether oxygens (including phenoxy) is 1. The first kappa shape index (κ1) is 23.9. The number of pyridine rings is 2. The lowest BCUT2D eigenvalue weighted by molar-refractivity contribution is -0.574. The Balaban J connectivity index is 1.31. The second kappa shape index (κ2) is 11.3. The minimum Gasteiger partial charge on any atom is -0.457 e. The van der Waals surface area contributed by atoms with Crippen molar-refractivity contribution in [2.24, 2.45) is 0 Å². The zero-order valence-electron chi connectivity index (χ0n) is 19.1. The predicted molar refractivity (Wildman–Crippen MR) is 127 cm³/mol. The molecule has 176 valence electrons. The van der Waals surface area contributed by atoms with Crippen molar-refractivity contribution >= 4 is 11.8 Å². The molecule has 0 saturated heterocycles. The molecule has 0 spiro atoms. The maximum atomic E-state index is 12.5. The molecule has 0 atom stereocenters. The van der Waals surface area contributed by atoms with Gasteiger partial charge in [0.05, 0.1) is 26.1 Å². The Hall–Kier alpha value is -4.20. The molecular formula is C28H26N2O5+2. The lowest BCUT2D eigenvalue weighted by atomic mass is 10.1. The fraction of sp³-hybridized carbons (Fsp3) is 0.143. The molecule has 7 heteroatoms. The average molecular weight is 471 g/mol. The molecule has 4 aromatic rings. The van der Waals surface area contributed by atoms with Crippen molar-refractivity contribution in [1.29, 1.82) is 0 Å². The number of aromatic nitrogens is 2. The minimum absolute atomic E-state index is 0.0586. The van der Waals surface area contributed by atoms with Crippen molar-refractivity contribution in [2.75, 3.05) is 0 Å². The van der Waals surface area contributed by atoms with Gasteiger partial charge in [0, 0.05) is 24.3 Å². The molecule has 0 fully saturated rings. The standard InChI is InChI=1S/C28H26N2O5/c31-19-23-9-13-29(14-10-23)27(33)17-21-1-5-25(6-2-21)35-26-7-3-22(4-8-26)18-28(34)30-15-11-24(20-32)12-16-30/h1-16,31-32H,17-20H2/q+2. The van der Waals surface area contributed by atoms with E-state index in [2.05, 4.69) is 0 Å². The molecule has 0 radical (unpaired) electrons. The first-order chi connectivity index (χ1) is 17.0. The molecule has 0 amide bonds. The highest BCUT2D eigenvalue weighted by molar-refractivity contribution is 5.70. The molecule has 0 aliphatic rings. The summed E-state index contributed by atoms with van der Waals surface area (Å²) < 4.78 is 8.89. The van der Waals surface area contributed by atoms with E-state index in [-0.39, 0.29) is 37.9 Å². The lowest BCUT2D eigenvalue weighted by Crippen LogP contribution is -2.42. The number of nitrogens with zero attached hydrogens (tertiary/aromatic N) is 2. The maximum Gasteiger partial charge on any atom is 0.396 e. The molecule has 2 N–H and O–H groups in total. The van der Waals surface area contributed by atoms with E-state index in [1.807, 2.05) is 48.5 Å². The number of carbonyl (C=O) groups is 2. The van der Waals surface area contributed by atoms with Gasteiger partial charge >= 0.3 is 11.8 Å². The van der Waals surface area contributed by atoms with E-state index in [9.17, 15) is 9.59 Å². The third-order valence-electron chi connectivity index (χ3n) is 5.53. The summed E-state index contributed by atoms with van der Waals surface area (Å²) in [5, 5.41) is 18.2. The number of aliphatic hydroxyl groups excluding tert-OH is 2. The zero-order chi connectivity index (χ0) is 24.6. The van der Waals surface area contributed by atoms with E-state index in [0.29, 0.717) is 11.5 Å². The van der Waals surface area contributed by atoms with Gasteiger partial charge in [0.1, 0.15) is 11.5 Å². The summed E-state index contributed by atoms with van der Waals surface area (Å²) in [7, 11) is 0. The van der Waals surface area contributed by atoms with Gasteiger partial charge in [-0.3, -0.25) is 0 Å². The molecule has 0 aliphatic heterocycles. The van der Waals surface area contributed by atoms with Gasteiger partial charge in [-0.25, -0.2) is 9.59 Å². The monoisotopic (exact) mass is 470 g/mol. The Kier molecular flexibility index (Phi) is 7.72. The van der Waals surface area contributed by atoms with Gasteiger partial charge in [-0.1, -0.05) is 24.3 Å². The average Bonchev–Trinajstić information content (AvgIpc) is 2.91. The Morgan fingerprint density at radius 2 is 0.886 bits per heavy atom. The van der Waals surface area contributed by atoms with Crippen LogP contribution in [0.25, 0.3) is 0 Å². The predicted octanol–water partition coefficient (Wildman–Crippen LogP) is 2.80. The van der Waals surface area contributed by atoms with Crippen LogP contribution < -0.4 is 13.9 Å². The van der Waals surface area contributed by atoms with Crippen molar-refractivity contribution in [3.63, 3.8) is 0 Å². The van der Waals surface area contributed by atoms with E-state index in [1.165, 1.54) is 9.13 Å². The second-order valence-corrected chi connectivity index (χ2v) is 8.07. The highest BCUT2D eigenvalue weighted by Crippen LogP contribution is 2.22. The highest BCUT2D eigenvalue weighted by Gasteiger charge is 2.16. The summed E-state index contributed by atoms with van der Waals surface area (Å²) in [6.07, 6.45) is 7.07. The van der Waals surface area contributed by atoms with E-state index in [1.54, 1.807) is 49.1 Å². The number of benzene rings is 2. The Morgan fingerprint density at radius 3 is 1.20 bits per heavy atom. The number of hydrogen-bond donors (Lipinski definition) is 2. The molecule has 2 aromatic heterocycles. The van der Waals surface area contributed by atoms with Crippen molar-refractivity contribution in [3.8, 4) is 11.5 Å². The van der Waals surface area contributed by atoms with Gasteiger partial charge in [-0.15, -0.1) is 9.13 Å². The van der Waals surface area contributed by atoms with E-state index in [0.717, 1.165) is 22.3 Å². The van der Waals surface area contributed by atoms with Crippen LogP contribution in [0.1, 0.15) is 31.8 Å². The summed E-state index contributed by atoms with van der Waals surface area (Å²) in [6, 6.07) is 21.5.